The first kappa shape index (κ1) is 12.9. The Kier molecular flexibility index (Phi) is 3.88. The van der Waals surface area contributed by atoms with E-state index >= 15 is 0 Å². The number of nitriles is 1. The molecule has 1 aliphatic rings. The maximum Gasteiger partial charge on any atom is 0.0991 e. The molecule has 3 nitrogen and oxygen atoms in total. The molecule has 1 saturated carbocycles. The summed E-state index contributed by atoms with van der Waals surface area (Å²) in [5.74, 6) is 0. The average molecular weight is 243 g/mol. The second kappa shape index (κ2) is 5.41. The van der Waals surface area contributed by atoms with Gasteiger partial charge in [0.15, 0.2) is 0 Å². The number of anilines is 1. The first-order valence-corrected chi connectivity index (χ1v) is 6.58. The maximum atomic E-state index is 8.77. The summed E-state index contributed by atoms with van der Waals surface area (Å²) in [4.78, 5) is 2.36. The Morgan fingerprint density at radius 3 is 2.33 bits per heavy atom. The van der Waals surface area contributed by atoms with Gasteiger partial charge >= 0.3 is 0 Å². The molecule has 1 fully saturated rings. The van der Waals surface area contributed by atoms with Crippen molar-refractivity contribution >= 4 is 5.69 Å². The number of rotatable bonds is 4. The lowest BCUT2D eigenvalue weighted by Gasteiger charge is -2.36. The molecule has 0 bridgehead atoms. The lowest BCUT2D eigenvalue weighted by atomic mass is 9.96. The van der Waals surface area contributed by atoms with Gasteiger partial charge in [-0.15, -0.1) is 0 Å². The summed E-state index contributed by atoms with van der Waals surface area (Å²) in [5, 5.41) is 12.3. The highest BCUT2D eigenvalue weighted by Crippen LogP contribution is 2.33. The standard InChI is InChI=1S/C15H21N3/c1-18(2)15(9-3-4-10-15)12-17-14-7-5-13(11-16)6-8-14/h5-8,17H,3-4,9-10,12H2,1-2H3. The Bertz CT molecular complexity index is 422. The molecule has 1 N–H and O–H groups in total. The predicted octanol–water partition coefficient (Wildman–Crippen LogP) is 2.84. The number of hydrogen-bond acceptors (Lipinski definition) is 3. The zero-order valence-electron chi connectivity index (χ0n) is 11.2. The number of benzene rings is 1. The first-order chi connectivity index (χ1) is 8.66. The van der Waals surface area contributed by atoms with Crippen molar-refractivity contribution in [2.24, 2.45) is 0 Å². The highest BCUT2D eigenvalue weighted by Gasteiger charge is 2.35. The predicted molar refractivity (Wildman–Crippen MR) is 74.5 cm³/mol. The summed E-state index contributed by atoms with van der Waals surface area (Å²) < 4.78 is 0. The molecule has 0 spiro atoms. The van der Waals surface area contributed by atoms with Gasteiger partial charge in [0, 0.05) is 17.8 Å². The topological polar surface area (TPSA) is 39.1 Å². The van der Waals surface area contributed by atoms with Crippen molar-refractivity contribution in [3.05, 3.63) is 29.8 Å². The molecule has 0 heterocycles. The highest BCUT2D eigenvalue weighted by molar-refractivity contribution is 5.47. The molecule has 1 aromatic rings. The molecule has 1 aliphatic carbocycles. The molecule has 18 heavy (non-hydrogen) atoms. The van der Waals surface area contributed by atoms with Crippen molar-refractivity contribution in [1.82, 2.24) is 4.90 Å². The van der Waals surface area contributed by atoms with Gasteiger partial charge in [0.1, 0.15) is 0 Å². The fourth-order valence-corrected chi connectivity index (χ4v) is 2.74. The van der Waals surface area contributed by atoms with Crippen LogP contribution in [0.5, 0.6) is 0 Å². The third-order valence-electron chi connectivity index (χ3n) is 4.12. The quantitative estimate of drug-likeness (QED) is 0.883. The molecule has 2 rings (SSSR count). The Balaban J connectivity index is 1.99. The van der Waals surface area contributed by atoms with Crippen LogP contribution in [0.1, 0.15) is 31.2 Å². The zero-order valence-corrected chi connectivity index (χ0v) is 11.2. The molecule has 0 atom stereocenters. The number of nitrogens with one attached hydrogen (secondary N) is 1. The van der Waals surface area contributed by atoms with Crippen LogP contribution in [0.25, 0.3) is 0 Å². The average Bonchev–Trinajstić information content (AvgIpc) is 2.87. The van der Waals surface area contributed by atoms with Gasteiger partial charge in [-0.3, -0.25) is 0 Å². The molecule has 1 aromatic carbocycles. The SMILES string of the molecule is CN(C)C1(CNc2ccc(C#N)cc2)CCCC1. The van der Waals surface area contributed by atoms with Crippen molar-refractivity contribution in [2.75, 3.05) is 26.0 Å². The van der Waals surface area contributed by atoms with Gasteiger partial charge in [0.2, 0.25) is 0 Å². The van der Waals surface area contributed by atoms with Crippen molar-refractivity contribution in [3.63, 3.8) is 0 Å². The lowest BCUT2D eigenvalue weighted by Crippen LogP contribution is -2.47. The van der Waals surface area contributed by atoms with E-state index in [1.165, 1.54) is 25.7 Å². The van der Waals surface area contributed by atoms with Gasteiger partial charge in [-0.05, 0) is 51.2 Å². The van der Waals surface area contributed by atoms with Crippen LogP contribution in [0.4, 0.5) is 5.69 Å². The third kappa shape index (κ3) is 2.65. The minimum Gasteiger partial charge on any atom is -0.383 e. The van der Waals surface area contributed by atoms with Gasteiger partial charge in [0.05, 0.1) is 11.6 Å². The monoisotopic (exact) mass is 243 g/mol. The molecule has 0 unspecified atom stereocenters. The molecule has 96 valence electrons. The summed E-state index contributed by atoms with van der Waals surface area (Å²) in [5.41, 5.74) is 2.11. The molecule has 0 aromatic heterocycles. The van der Waals surface area contributed by atoms with Crippen molar-refractivity contribution in [2.45, 2.75) is 31.2 Å². The second-order valence-electron chi connectivity index (χ2n) is 5.37. The van der Waals surface area contributed by atoms with E-state index < -0.39 is 0 Å². The van der Waals surface area contributed by atoms with Crippen molar-refractivity contribution in [1.29, 1.82) is 5.26 Å². The van der Waals surface area contributed by atoms with Gasteiger partial charge in [-0.25, -0.2) is 0 Å². The van der Waals surface area contributed by atoms with Crippen LogP contribution in [0, 0.1) is 11.3 Å². The molecular weight excluding hydrogens is 222 g/mol. The summed E-state index contributed by atoms with van der Waals surface area (Å²) in [7, 11) is 4.34. The Hall–Kier alpha value is -1.53. The van der Waals surface area contributed by atoms with Crippen LogP contribution in [-0.4, -0.2) is 31.1 Å². The van der Waals surface area contributed by atoms with Crippen molar-refractivity contribution in [3.8, 4) is 6.07 Å². The van der Waals surface area contributed by atoms with Gasteiger partial charge in [-0.1, -0.05) is 12.8 Å². The summed E-state index contributed by atoms with van der Waals surface area (Å²) in [6.07, 6.45) is 5.19. The van der Waals surface area contributed by atoms with Crippen LogP contribution in [0.3, 0.4) is 0 Å². The van der Waals surface area contributed by atoms with E-state index in [-0.39, 0.29) is 0 Å². The Morgan fingerprint density at radius 1 is 1.22 bits per heavy atom. The van der Waals surface area contributed by atoms with E-state index in [1.54, 1.807) is 0 Å². The molecular formula is C15H21N3. The Labute approximate surface area is 109 Å². The Morgan fingerprint density at radius 2 is 1.83 bits per heavy atom. The van der Waals surface area contributed by atoms with Gasteiger partial charge < -0.3 is 10.2 Å². The normalized spacial score (nSPS) is 17.7. The minimum atomic E-state index is 0.300. The second-order valence-corrected chi connectivity index (χ2v) is 5.37. The minimum absolute atomic E-state index is 0.300. The molecule has 0 saturated heterocycles. The third-order valence-corrected chi connectivity index (χ3v) is 4.12. The molecule has 3 heteroatoms. The number of nitrogens with zero attached hydrogens (tertiary/aromatic N) is 2. The van der Waals surface area contributed by atoms with Gasteiger partial charge in [-0.2, -0.15) is 5.26 Å². The zero-order chi connectivity index (χ0) is 13.0. The van der Waals surface area contributed by atoms with Crippen LogP contribution in [0.2, 0.25) is 0 Å². The van der Waals surface area contributed by atoms with Crippen LogP contribution >= 0.6 is 0 Å². The van der Waals surface area contributed by atoms with Crippen LogP contribution < -0.4 is 5.32 Å². The van der Waals surface area contributed by atoms with E-state index in [1.807, 2.05) is 24.3 Å². The van der Waals surface area contributed by atoms with E-state index in [2.05, 4.69) is 30.4 Å². The largest absolute Gasteiger partial charge is 0.383 e. The summed E-state index contributed by atoms with van der Waals surface area (Å²) in [6, 6.07) is 9.83. The summed E-state index contributed by atoms with van der Waals surface area (Å²) >= 11 is 0. The molecule has 0 aliphatic heterocycles. The van der Waals surface area contributed by atoms with Gasteiger partial charge in [0.25, 0.3) is 0 Å². The fraction of sp³-hybridized carbons (Fsp3) is 0.533. The highest BCUT2D eigenvalue weighted by atomic mass is 15.2. The van der Waals surface area contributed by atoms with Crippen molar-refractivity contribution < 1.29 is 0 Å². The van der Waals surface area contributed by atoms with E-state index in [0.29, 0.717) is 11.1 Å². The smallest absolute Gasteiger partial charge is 0.0991 e. The fourth-order valence-electron chi connectivity index (χ4n) is 2.74. The van der Waals surface area contributed by atoms with Crippen LogP contribution in [-0.2, 0) is 0 Å². The maximum absolute atomic E-state index is 8.77. The molecule has 0 radical (unpaired) electrons. The van der Waals surface area contributed by atoms with E-state index in [9.17, 15) is 0 Å². The van der Waals surface area contributed by atoms with Crippen LogP contribution in [0.15, 0.2) is 24.3 Å². The number of hydrogen-bond donors (Lipinski definition) is 1. The first-order valence-electron chi connectivity index (χ1n) is 6.58. The number of likely N-dealkylation sites (N-methyl/N-ethyl adjacent to an activating group) is 1. The lowest BCUT2D eigenvalue weighted by molar-refractivity contribution is 0.172. The molecule has 0 amide bonds. The summed E-state index contributed by atoms with van der Waals surface area (Å²) in [6.45, 7) is 0.978. The van der Waals surface area contributed by atoms with E-state index in [4.69, 9.17) is 5.26 Å². The van der Waals surface area contributed by atoms with E-state index in [0.717, 1.165) is 12.2 Å².